The monoisotopic (exact) mass is 435 g/mol. The molecule has 1 fully saturated rings. The van der Waals surface area contributed by atoms with Gasteiger partial charge in [0.1, 0.15) is 17.7 Å². The Labute approximate surface area is 187 Å². The fourth-order valence-corrected chi connectivity index (χ4v) is 4.05. The van der Waals surface area contributed by atoms with Gasteiger partial charge in [0.2, 0.25) is 5.91 Å². The van der Waals surface area contributed by atoms with Crippen LogP contribution in [0.15, 0.2) is 60.9 Å². The lowest BCUT2D eigenvalue weighted by Gasteiger charge is -2.38. The molecule has 0 N–H and O–H groups in total. The number of nitrogens with zero attached hydrogens (tertiary/aromatic N) is 3. The van der Waals surface area contributed by atoms with Gasteiger partial charge in [-0.15, -0.1) is 0 Å². The van der Waals surface area contributed by atoms with Gasteiger partial charge in [-0.05, 0) is 32.0 Å². The summed E-state index contributed by atoms with van der Waals surface area (Å²) in [5.74, 6) is 0.180. The fourth-order valence-electron chi connectivity index (χ4n) is 4.05. The summed E-state index contributed by atoms with van der Waals surface area (Å²) in [6.45, 7) is 4.61. The van der Waals surface area contributed by atoms with E-state index in [1.54, 1.807) is 56.4 Å². The quantitative estimate of drug-likeness (QED) is 0.602. The number of halogens is 1. The van der Waals surface area contributed by atoms with E-state index in [-0.39, 0.29) is 11.7 Å². The molecule has 0 aliphatic carbocycles. The minimum Gasteiger partial charge on any atom is -0.497 e. The van der Waals surface area contributed by atoms with E-state index >= 15 is 0 Å². The highest BCUT2D eigenvalue weighted by Gasteiger charge is 2.38. The smallest absolute Gasteiger partial charge is 0.232 e. The number of amides is 1. The third-order valence-corrected chi connectivity index (χ3v) is 5.81. The Morgan fingerprint density at radius 3 is 2.72 bits per heavy atom. The van der Waals surface area contributed by atoms with E-state index in [1.807, 2.05) is 24.3 Å². The van der Waals surface area contributed by atoms with Crippen molar-refractivity contribution in [3.63, 3.8) is 0 Å². The van der Waals surface area contributed by atoms with Crippen molar-refractivity contribution < 1.29 is 18.7 Å². The Hall–Kier alpha value is -3.32. The van der Waals surface area contributed by atoms with Crippen LogP contribution in [0.3, 0.4) is 0 Å². The van der Waals surface area contributed by atoms with E-state index in [0.717, 1.165) is 5.56 Å². The maximum absolute atomic E-state index is 14.4. The van der Waals surface area contributed by atoms with Gasteiger partial charge in [0, 0.05) is 30.1 Å². The van der Waals surface area contributed by atoms with E-state index in [2.05, 4.69) is 9.97 Å². The number of hydrogen-bond acceptors (Lipinski definition) is 5. The molecule has 0 saturated carbocycles. The van der Waals surface area contributed by atoms with Gasteiger partial charge in [0.05, 0.1) is 37.1 Å². The maximum atomic E-state index is 14.4. The molecule has 2 heterocycles. The molecular weight excluding hydrogens is 409 g/mol. The second-order valence-electron chi connectivity index (χ2n) is 8.24. The van der Waals surface area contributed by atoms with E-state index in [4.69, 9.17) is 9.47 Å². The SMILES string of the molecule is COc1cccc(-c2nccnc2C2CN(C(=O)C(C)(C)c3ccccc3F)CCO2)c1. The van der Waals surface area contributed by atoms with Crippen molar-refractivity contribution in [1.29, 1.82) is 0 Å². The van der Waals surface area contributed by atoms with Crippen LogP contribution in [-0.2, 0) is 14.9 Å². The van der Waals surface area contributed by atoms with Crippen molar-refractivity contribution in [2.75, 3.05) is 26.8 Å². The second kappa shape index (κ2) is 9.04. The zero-order chi connectivity index (χ0) is 22.7. The van der Waals surface area contributed by atoms with Crippen LogP contribution in [0.2, 0.25) is 0 Å². The van der Waals surface area contributed by atoms with Crippen LogP contribution in [-0.4, -0.2) is 47.6 Å². The van der Waals surface area contributed by atoms with Crippen molar-refractivity contribution in [3.8, 4) is 17.0 Å². The first kappa shape index (κ1) is 21.9. The van der Waals surface area contributed by atoms with E-state index in [1.165, 1.54) is 6.07 Å². The Kier molecular flexibility index (Phi) is 6.19. The Morgan fingerprint density at radius 2 is 1.94 bits per heavy atom. The maximum Gasteiger partial charge on any atom is 0.232 e. The summed E-state index contributed by atoms with van der Waals surface area (Å²) in [6.07, 6.45) is 2.80. The number of morpholine rings is 1. The van der Waals surface area contributed by atoms with Crippen molar-refractivity contribution in [2.45, 2.75) is 25.4 Å². The molecule has 7 heteroatoms. The molecule has 0 bridgehead atoms. The van der Waals surface area contributed by atoms with Crippen LogP contribution in [0.25, 0.3) is 11.3 Å². The third kappa shape index (κ3) is 4.21. The predicted molar refractivity (Wildman–Crippen MR) is 119 cm³/mol. The third-order valence-electron chi connectivity index (χ3n) is 5.81. The summed E-state index contributed by atoms with van der Waals surface area (Å²) in [7, 11) is 1.61. The van der Waals surface area contributed by atoms with Crippen molar-refractivity contribution in [1.82, 2.24) is 14.9 Å². The Balaban J connectivity index is 1.61. The number of carbonyl (C=O) groups is 1. The number of hydrogen-bond donors (Lipinski definition) is 0. The molecule has 1 unspecified atom stereocenters. The van der Waals surface area contributed by atoms with Crippen LogP contribution in [0, 0.1) is 5.82 Å². The van der Waals surface area contributed by atoms with Crippen LogP contribution in [0.5, 0.6) is 5.75 Å². The summed E-state index contributed by atoms with van der Waals surface area (Å²) < 4.78 is 25.8. The highest BCUT2D eigenvalue weighted by atomic mass is 19.1. The molecule has 4 rings (SSSR count). The Bertz CT molecular complexity index is 1120. The summed E-state index contributed by atoms with van der Waals surface area (Å²) >= 11 is 0. The van der Waals surface area contributed by atoms with E-state index < -0.39 is 11.5 Å². The topological polar surface area (TPSA) is 64.6 Å². The summed E-state index contributed by atoms with van der Waals surface area (Å²) in [5, 5.41) is 0. The largest absolute Gasteiger partial charge is 0.497 e. The van der Waals surface area contributed by atoms with E-state index in [9.17, 15) is 9.18 Å². The molecule has 1 aliphatic rings. The molecule has 3 aromatic rings. The van der Waals surface area contributed by atoms with Crippen molar-refractivity contribution >= 4 is 5.91 Å². The lowest BCUT2D eigenvalue weighted by molar-refractivity contribution is -0.144. The first-order valence-electron chi connectivity index (χ1n) is 10.5. The summed E-state index contributed by atoms with van der Waals surface area (Å²) in [4.78, 5) is 24.2. The van der Waals surface area contributed by atoms with Gasteiger partial charge in [0.25, 0.3) is 0 Å². The predicted octanol–water partition coefficient (Wildman–Crippen LogP) is 4.17. The van der Waals surface area contributed by atoms with Gasteiger partial charge in [-0.1, -0.05) is 30.3 Å². The molecule has 1 aliphatic heterocycles. The number of benzene rings is 2. The van der Waals surface area contributed by atoms with Gasteiger partial charge in [-0.3, -0.25) is 14.8 Å². The Morgan fingerprint density at radius 1 is 1.16 bits per heavy atom. The first-order chi connectivity index (χ1) is 15.4. The molecule has 1 aromatic heterocycles. The number of carbonyl (C=O) groups excluding carboxylic acids is 1. The molecule has 1 amide bonds. The fraction of sp³-hybridized carbons (Fsp3) is 0.320. The molecule has 32 heavy (non-hydrogen) atoms. The lowest BCUT2D eigenvalue weighted by Crippen LogP contribution is -2.49. The van der Waals surface area contributed by atoms with Gasteiger partial charge < -0.3 is 14.4 Å². The zero-order valence-electron chi connectivity index (χ0n) is 18.4. The average molecular weight is 435 g/mol. The highest BCUT2D eigenvalue weighted by Crippen LogP contribution is 2.33. The van der Waals surface area contributed by atoms with Gasteiger partial charge in [0.15, 0.2) is 0 Å². The van der Waals surface area contributed by atoms with Crippen LogP contribution in [0.1, 0.15) is 31.2 Å². The highest BCUT2D eigenvalue weighted by molar-refractivity contribution is 5.87. The summed E-state index contributed by atoms with van der Waals surface area (Å²) in [6, 6.07) is 14.0. The van der Waals surface area contributed by atoms with Gasteiger partial charge in [-0.25, -0.2) is 4.39 Å². The lowest BCUT2D eigenvalue weighted by atomic mass is 9.82. The standard InChI is InChI=1S/C25H26FN3O3/c1-25(2,19-9-4-5-10-20(19)26)24(30)29-13-14-32-21(16-29)23-22(27-11-12-28-23)17-7-6-8-18(15-17)31-3/h4-12,15,21H,13-14,16H2,1-3H3. The van der Waals surface area contributed by atoms with Crippen LogP contribution >= 0.6 is 0 Å². The van der Waals surface area contributed by atoms with Crippen LogP contribution < -0.4 is 4.74 Å². The van der Waals surface area contributed by atoms with Crippen molar-refractivity contribution in [2.24, 2.45) is 0 Å². The molecule has 166 valence electrons. The first-order valence-corrected chi connectivity index (χ1v) is 10.5. The number of rotatable bonds is 5. The second-order valence-corrected chi connectivity index (χ2v) is 8.24. The normalized spacial score (nSPS) is 16.6. The molecule has 6 nitrogen and oxygen atoms in total. The van der Waals surface area contributed by atoms with Crippen molar-refractivity contribution in [3.05, 3.63) is 78.0 Å². The number of ether oxygens (including phenoxy) is 2. The molecular formula is C25H26FN3O3. The zero-order valence-corrected chi connectivity index (χ0v) is 18.4. The molecule has 1 atom stereocenters. The summed E-state index contributed by atoms with van der Waals surface area (Å²) in [5.41, 5.74) is 1.56. The molecule has 1 saturated heterocycles. The van der Waals surface area contributed by atoms with Crippen LogP contribution in [0.4, 0.5) is 4.39 Å². The average Bonchev–Trinajstić information content (AvgIpc) is 2.84. The minimum atomic E-state index is -1.01. The number of methoxy groups -OCH3 is 1. The molecule has 0 spiro atoms. The van der Waals surface area contributed by atoms with Gasteiger partial charge in [-0.2, -0.15) is 0 Å². The minimum absolute atomic E-state index is 0.150. The van der Waals surface area contributed by atoms with E-state index in [0.29, 0.717) is 42.4 Å². The molecule has 0 radical (unpaired) electrons. The number of aromatic nitrogens is 2. The molecule has 2 aromatic carbocycles. The van der Waals surface area contributed by atoms with Gasteiger partial charge >= 0.3 is 0 Å².